The molecule has 0 radical (unpaired) electrons. The second-order valence-electron chi connectivity index (χ2n) is 7.61. The Morgan fingerprint density at radius 1 is 1.07 bits per heavy atom. The number of nitrogens with one attached hydrogen (secondary N) is 1. The van der Waals surface area contributed by atoms with Gasteiger partial charge in [-0.15, -0.1) is 0 Å². The van der Waals surface area contributed by atoms with Gasteiger partial charge in [0, 0.05) is 25.1 Å². The summed E-state index contributed by atoms with van der Waals surface area (Å²) >= 11 is 0. The highest BCUT2D eigenvalue weighted by molar-refractivity contribution is 5.98. The molecule has 0 saturated heterocycles. The number of unbranched alkanes of at least 4 members (excludes halogenated alkanes) is 1. The van der Waals surface area contributed by atoms with Crippen molar-refractivity contribution in [2.75, 3.05) is 7.05 Å². The normalized spacial score (nSPS) is 20.4. The van der Waals surface area contributed by atoms with E-state index in [2.05, 4.69) is 58.5 Å². The highest BCUT2D eigenvalue weighted by Crippen LogP contribution is 2.42. The van der Waals surface area contributed by atoms with Crippen LogP contribution in [0.1, 0.15) is 48.9 Å². The smallest absolute Gasteiger partial charge is 0.134 e. The molecule has 146 valence electrons. The first-order valence-electron chi connectivity index (χ1n) is 10.2. The van der Waals surface area contributed by atoms with E-state index in [4.69, 9.17) is 10.7 Å². The van der Waals surface area contributed by atoms with Gasteiger partial charge in [0.15, 0.2) is 0 Å². The van der Waals surface area contributed by atoms with E-state index < -0.39 is 0 Å². The average molecular weight is 376 g/mol. The molecule has 2 unspecified atom stereocenters. The fraction of sp³-hybridized carbons (Fsp3) is 0.391. The minimum absolute atomic E-state index is 0.0784. The van der Waals surface area contributed by atoms with Crippen LogP contribution in [0.25, 0.3) is 0 Å². The molecule has 0 bridgehead atoms. The van der Waals surface area contributed by atoms with Crippen LogP contribution in [-0.4, -0.2) is 29.7 Å². The first-order chi connectivity index (χ1) is 13.7. The largest absolute Gasteiger partial charge is 0.385 e. The molecule has 28 heavy (non-hydrogen) atoms. The number of hydrogen-bond acceptors (Lipinski definition) is 5. The summed E-state index contributed by atoms with van der Waals surface area (Å²) in [5.74, 6) is 1.79. The van der Waals surface area contributed by atoms with Gasteiger partial charge < -0.3 is 16.0 Å². The number of fused-ring (bicyclic) bond motifs is 3. The fourth-order valence-electron chi connectivity index (χ4n) is 4.14. The zero-order valence-electron chi connectivity index (χ0n) is 16.7. The van der Waals surface area contributed by atoms with Gasteiger partial charge in [-0.25, -0.2) is 4.99 Å². The quantitative estimate of drug-likeness (QED) is 0.771. The average Bonchev–Trinajstić information content (AvgIpc) is 3.07. The number of nitrogens with zero attached hydrogens (tertiary/aromatic N) is 3. The topological polar surface area (TPSA) is 66.0 Å². The summed E-state index contributed by atoms with van der Waals surface area (Å²) < 4.78 is 0. The fourth-order valence-corrected chi connectivity index (χ4v) is 4.14. The Morgan fingerprint density at radius 3 is 2.57 bits per heavy atom. The molecular weight excluding hydrogens is 346 g/mol. The van der Waals surface area contributed by atoms with Crippen molar-refractivity contribution in [3.8, 4) is 0 Å². The standard InChI is InChI=1S/C23H29N5/c1-3-4-9-20-27-21-22(18-7-5-6-8-19(18)26-23(21)24)28(20)15-17-12-10-16(11-13-17)14-25-2/h5-8,10-13,21-22,25H,3-4,9,14-15H2,1-2H3,(H2,24,26). The molecule has 0 aromatic heterocycles. The van der Waals surface area contributed by atoms with Crippen LogP contribution in [0.5, 0.6) is 0 Å². The number of aliphatic imine (C=N–C) groups is 2. The molecule has 2 heterocycles. The van der Waals surface area contributed by atoms with Crippen molar-refractivity contribution in [3.05, 3.63) is 65.2 Å². The molecule has 3 N–H and O–H groups in total. The van der Waals surface area contributed by atoms with Crippen molar-refractivity contribution < 1.29 is 0 Å². The number of hydrogen-bond donors (Lipinski definition) is 2. The lowest BCUT2D eigenvalue weighted by Crippen LogP contribution is -2.39. The van der Waals surface area contributed by atoms with Gasteiger partial charge in [0.2, 0.25) is 0 Å². The Morgan fingerprint density at radius 2 is 1.82 bits per heavy atom. The van der Waals surface area contributed by atoms with Gasteiger partial charge in [0.05, 0.1) is 11.7 Å². The monoisotopic (exact) mass is 375 g/mol. The van der Waals surface area contributed by atoms with Crippen LogP contribution in [-0.2, 0) is 13.1 Å². The highest BCUT2D eigenvalue weighted by Gasteiger charge is 2.42. The van der Waals surface area contributed by atoms with E-state index in [-0.39, 0.29) is 12.1 Å². The molecule has 2 atom stereocenters. The Labute approximate surface area is 167 Å². The molecule has 0 amide bonds. The summed E-state index contributed by atoms with van der Waals surface area (Å²) in [6.07, 6.45) is 3.27. The molecule has 2 aliphatic heterocycles. The van der Waals surface area contributed by atoms with Crippen LogP contribution in [0.4, 0.5) is 5.69 Å². The summed E-state index contributed by atoms with van der Waals surface area (Å²) in [5.41, 5.74) is 11.1. The van der Waals surface area contributed by atoms with Gasteiger partial charge in [-0.1, -0.05) is 55.8 Å². The predicted molar refractivity (Wildman–Crippen MR) is 116 cm³/mol. The maximum absolute atomic E-state index is 6.34. The van der Waals surface area contributed by atoms with Gasteiger partial charge in [-0.3, -0.25) is 4.99 Å². The van der Waals surface area contributed by atoms with E-state index in [1.807, 2.05) is 19.2 Å². The Bertz CT molecular complexity index is 884. The molecular formula is C23H29N5. The number of rotatable bonds is 7. The zero-order chi connectivity index (χ0) is 19.5. The van der Waals surface area contributed by atoms with E-state index in [9.17, 15) is 0 Å². The lowest BCUT2D eigenvalue weighted by molar-refractivity contribution is 0.319. The van der Waals surface area contributed by atoms with Crippen molar-refractivity contribution in [2.45, 2.75) is 51.4 Å². The second kappa shape index (κ2) is 8.15. The molecule has 0 saturated carbocycles. The van der Waals surface area contributed by atoms with Crippen LogP contribution < -0.4 is 11.1 Å². The van der Waals surface area contributed by atoms with Gasteiger partial charge >= 0.3 is 0 Å². The Hall–Kier alpha value is -2.66. The molecule has 0 aliphatic carbocycles. The van der Waals surface area contributed by atoms with Gasteiger partial charge in [-0.2, -0.15) is 0 Å². The first kappa shape index (κ1) is 18.7. The van der Waals surface area contributed by atoms with Crippen molar-refractivity contribution in [1.82, 2.24) is 10.2 Å². The van der Waals surface area contributed by atoms with Gasteiger partial charge in [0.1, 0.15) is 17.7 Å². The lowest BCUT2D eigenvalue weighted by atomic mass is 9.93. The maximum atomic E-state index is 6.34. The van der Waals surface area contributed by atoms with E-state index in [0.29, 0.717) is 5.84 Å². The van der Waals surface area contributed by atoms with Crippen LogP contribution in [0.15, 0.2) is 58.5 Å². The van der Waals surface area contributed by atoms with Crippen LogP contribution in [0.3, 0.4) is 0 Å². The van der Waals surface area contributed by atoms with E-state index in [1.54, 1.807) is 0 Å². The molecule has 0 spiro atoms. The van der Waals surface area contributed by atoms with Gasteiger partial charge in [-0.05, 0) is 30.7 Å². The molecule has 2 aliphatic rings. The zero-order valence-corrected chi connectivity index (χ0v) is 16.7. The number of para-hydroxylation sites is 1. The van der Waals surface area contributed by atoms with Crippen molar-refractivity contribution in [3.63, 3.8) is 0 Å². The van der Waals surface area contributed by atoms with E-state index in [1.165, 1.54) is 16.7 Å². The molecule has 5 nitrogen and oxygen atoms in total. The summed E-state index contributed by atoms with van der Waals surface area (Å²) in [7, 11) is 1.97. The first-order valence-corrected chi connectivity index (χ1v) is 10.2. The van der Waals surface area contributed by atoms with Crippen LogP contribution in [0, 0.1) is 0 Å². The maximum Gasteiger partial charge on any atom is 0.134 e. The Balaban J connectivity index is 1.66. The summed E-state index contributed by atoms with van der Waals surface area (Å²) in [5, 5.41) is 3.20. The van der Waals surface area contributed by atoms with E-state index >= 15 is 0 Å². The van der Waals surface area contributed by atoms with Crippen LogP contribution in [0.2, 0.25) is 0 Å². The number of benzene rings is 2. The molecule has 5 heteroatoms. The minimum atomic E-state index is -0.0784. The van der Waals surface area contributed by atoms with Crippen molar-refractivity contribution in [1.29, 1.82) is 0 Å². The molecule has 2 aromatic rings. The third-order valence-corrected chi connectivity index (χ3v) is 5.57. The third kappa shape index (κ3) is 3.54. The van der Waals surface area contributed by atoms with E-state index in [0.717, 1.165) is 43.9 Å². The van der Waals surface area contributed by atoms with Gasteiger partial charge in [0.25, 0.3) is 0 Å². The molecule has 2 aromatic carbocycles. The Kier molecular flexibility index (Phi) is 5.44. The number of amidine groups is 2. The minimum Gasteiger partial charge on any atom is -0.385 e. The van der Waals surface area contributed by atoms with Crippen LogP contribution >= 0.6 is 0 Å². The second-order valence-corrected chi connectivity index (χ2v) is 7.61. The summed E-state index contributed by atoms with van der Waals surface area (Å²) in [4.78, 5) is 12.1. The predicted octanol–water partition coefficient (Wildman–Crippen LogP) is 3.92. The lowest BCUT2D eigenvalue weighted by Gasteiger charge is -2.33. The SMILES string of the molecule is CCCCC1=NC2C(N)=Nc3ccccc3C2N1Cc1ccc(CNC)cc1. The summed E-state index contributed by atoms with van der Waals surface area (Å²) in [6, 6.07) is 17.2. The summed E-state index contributed by atoms with van der Waals surface area (Å²) in [6.45, 7) is 3.95. The molecule has 0 fully saturated rings. The molecule has 4 rings (SSSR count). The third-order valence-electron chi connectivity index (χ3n) is 5.57. The number of nitrogens with two attached hydrogens (primary N) is 1. The van der Waals surface area contributed by atoms with Crippen molar-refractivity contribution in [2.24, 2.45) is 15.7 Å². The van der Waals surface area contributed by atoms with Crippen molar-refractivity contribution >= 4 is 17.4 Å². The highest BCUT2D eigenvalue weighted by atomic mass is 15.3.